The van der Waals surface area contributed by atoms with Gasteiger partial charge in [0.1, 0.15) is 16.7 Å². The molecule has 1 saturated carbocycles. The van der Waals surface area contributed by atoms with Crippen LogP contribution in [0.3, 0.4) is 0 Å². The number of halogens is 1. The van der Waals surface area contributed by atoms with Gasteiger partial charge in [0.15, 0.2) is 5.69 Å². The Morgan fingerprint density at radius 1 is 1.09 bits per heavy atom. The first kappa shape index (κ1) is 24.5. The Hall–Kier alpha value is -3.63. The lowest BCUT2D eigenvalue weighted by atomic mass is 10.0. The summed E-state index contributed by atoms with van der Waals surface area (Å²) in [5.41, 5.74) is 11.9. The van der Waals surface area contributed by atoms with E-state index in [0.717, 1.165) is 37.2 Å². The summed E-state index contributed by atoms with van der Waals surface area (Å²) in [6, 6.07) is 11.4. The first-order valence-electron chi connectivity index (χ1n) is 11.0. The molecule has 1 fully saturated rings. The van der Waals surface area contributed by atoms with Gasteiger partial charge in [-0.1, -0.05) is 36.6 Å². The molecule has 0 aliphatic heterocycles. The third-order valence-corrected chi connectivity index (χ3v) is 7.00. The zero-order chi connectivity index (χ0) is 25.1. The molecule has 1 atom stereocenters. The fraction of sp³-hybridized carbons (Fsp3) is 0.250. The molecule has 1 aliphatic carbocycles. The minimum Gasteiger partial charge on any atom is -0.508 e. The van der Waals surface area contributed by atoms with Crippen molar-refractivity contribution in [3.63, 3.8) is 0 Å². The van der Waals surface area contributed by atoms with Crippen molar-refractivity contribution >= 4 is 52.2 Å². The quantitative estimate of drug-likeness (QED) is 0.378. The van der Waals surface area contributed by atoms with Crippen LogP contribution >= 0.6 is 23.1 Å². The molecule has 1 unspecified atom stereocenters. The molecule has 9 nitrogen and oxygen atoms in total. The molecule has 1 aromatic heterocycles. The van der Waals surface area contributed by atoms with E-state index in [1.165, 1.54) is 17.0 Å². The molecule has 0 bridgehead atoms. The van der Waals surface area contributed by atoms with Gasteiger partial charge < -0.3 is 21.9 Å². The van der Waals surface area contributed by atoms with Gasteiger partial charge in [0, 0.05) is 16.8 Å². The Labute approximate surface area is 210 Å². The number of carbonyl (C=O) groups is 3. The lowest BCUT2D eigenvalue weighted by molar-refractivity contribution is -0.123. The fourth-order valence-corrected chi connectivity index (χ4v) is 5.02. The molecular weight excluding hydrogens is 490 g/mol. The van der Waals surface area contributed by atoms with E-state index in [1.807, 2.05) is 0 Å². The van der Waals surface area contributed by atoms with Gasteiger partial charge in [-0.15, -0.1) is 0 Å². The third kappa shape index (κ3) is 5.23. The number of carbonyl (C=O) groups excluding carboxylic acids is 3. The van der Waals surface area contributed by atoms with Crippen LogP contribution in [0.2, 0.25) is 5.02 Å². The molecule has 6 N–H and O–H groups in total. The molecule has 35 heavy (non-hydrogen) atoms. The van der Waals surface area contributed by atoms with Crippen molar-refractivity contribution in [3.8, 4) is 5.75 Å². The van der Waals surface area contributed by atoms with E-state index in [4.69, 9.17) is 23.1 Å². The molecule has 11 heteroatoms. The number of rotatable bonds is 7. The van der Waals surface area contributed by atoms with Gasteiger partial charge in [0.2, 0.25) is 5.91 Å². The predicted octanol–water partition coefficient (Wildman–Crippen LogP) is 3.63. The summed E-state index contributed by atoms with van der Waals surface area (Å²) < 4.78 is 3.94. The molecule has 0 spiro atoms. The van der Waals surface area contributed by atoms with Gasteiger partial charge in [-0.25, -0.2) is 0 Å². The number of amides is 3. The number of benzene rings is 2. The van der Waals surface area contributed by atoms with Crippen LogP contribution in [0.5, 0.6) is 5.75 Å². The van der Waals surface area contributed by atoms with Crippen LogP contribution in [-0.2, 0) is 4.79 Å². The average molecular weight is 514 g/mol. The molecule has 0 radical (unpaired) electrons. The van der Waals surface area contributed by atoms with Gasteiger partial charge >= 0.3 is 0 Å². The Morgan fingerprint density at radius 2 is 1.71 bits per heavy atom. The zero-order valence-electron chi connectivity index (χ0n) is 18.6. The SMILES string of the molecule is NC(=O)c1nsc(C(=O)N(c2ccc(Cl)cc2)C(C(=O)NC2CCCC2)c2ccc(O)cc2)c1N. The van der Waals surface area contributed by atoms with Crippen LogP contribution in [0.4, 0.5) is 11.4 Å². The van der Waals surface area contributed by atoms with E-state index in [1.54, 1.807) is 36.4 Å². The van der Waals surface area contributed by atoms with E-state index in [2.05, 4.69) is 9.69 Å². The number of nitrogens with zero attached hydrogens (tertiary/aromatic N) is 2. The molecule has 1 aliphatic rings. The van der Waals surface area contributed by atoms with Gasteiger partial charge in [-0.05, 0) is 66.3 Å². The van der Waals surface area contributed by atoms with E-state index < -0.39 is 17.9 Å². The van der Waals surface area contributed by atoms with Crippen molar-refractivity contribution in [2.75, 3.05) is 10.6 Å². The van der Waals surface area contributed by atoms with E-state index in [-0.39, 0.29) is 34.0 Å². The van der Waals surface area contributed by atoms with Crippen molar-refractivity contribution in [1.82, 2.24) is 9.69 Å². The topological polar surface area (TPSA) is 152 Å². The standard InChI is InChI=1S/C24H24ClN5O4S/c25-14-7-9-16(10-8-14)30(24(34)21-18(26)19(22(27)32)29-35-21)20(13-5-11-17(31)12-6-13)23(33)28-15-3-1-2-4-15/h5-12,15,20,31H,1-4,26H2,(H2,27,32)(H,28,33). The molecule has 1 heterocycles. The smallest absolute Gasteiger partial charge is 0.273 e. The van der Waals surface area contributed by atoms with Crippen LogP contribution < -0.4 is 21.7 Å². The van der Waals surface area contributed by atoms with Crippen LogP contribution in [0.25, 0.3) is 0 Å². The average Bonchev–Trinajstić information content (AvgIpc) is 3.48. The molecule has 3 aromatic rings. The van der Waals surface area contributed by atoms with Gasteiger partial charge in [-0.2, -0.15) is 4.37 Å². The Kier molecular flexibility index (Phi) is 7.23. The Morgan fingerprint density at radius 3 is 2.29 bits per heavy atom. The molecule has 3 amide bonds. The number of primary amides is 1. The first-order chi connectivity index (χ1) is 16.8. The van der Waals surface area contributed by atoms with Crippen molar-refractivity contribution < 1.29 is 19.5 Å². The van der Waals surface area contributed by atoms with E-state index in [0.29, 0.717) is 16.3 Å². The third-order valence-electron chi connectivity index (χ3n) is 5.90. The summed E-state index contributed by atoms with van der Waals surface area (Å²) in [4.78, 5) is 40.6. The first-order valence-corrected chi connectivity index (χ1v) is 12.1. The van der Waals surface area contributed by atoms with Crippen LogP contribution in [0.1, 0.15) is 57.4 Å². The van der Waals surface area contributed by atoms with Crippen molar-refractivity contribution in [1.29, 1.82) is 0 Å². The summed E-state index contributed by atoms with van der Waals surface area (Å²) in [7, 11) is 0. The number of aromatic hydroxyl groups is 1. The van der Waals surface area contributed by atoms with Crippen LogP contribution in [0.15, 0.2) is 48.5 Å². The van der Waals surface area contributed by atoms with Crippen molar-refractivity contribution in [2.24, 2.45) is 5.73 Å². The van der Waals surface area contributed by atoms with Gasteiger partial charge in [0.25, 0.3) is 11.8 Å². The number of aromatic nitrogens is 1. The molecule has 182 valence electrons. The van der Waals surface area contributed by atoms with Gasteiger partial charge in [0.05, 0.1) is 5.69 Å². The Bertz CT molecular complexity index is 1240. The number of nitrogens with one attached hydrogen (secondary N) is 1. The van der Waals surface area contributed by atoms with Crippen LogP contribution in [0, 0.1) is 0 Å². The maximum Gasteiger partial charge on any atom is 0.273 e. The zero-order valence-corrected chi connectivity index (χ0v) is 20.2. The highest BCUT2D eigenvalue weighted by molar-refractivity contribution is 7.09. The highest BCUT2D eigenvalue weighted by atomic mass is 35.5. The Balaban J connectivity index is 1.84. The number of phenolic OH excluding ortho intramolecular Hbond substituents is 1. The second-order valence-corrected chi connectivity index (χ2v) is 9.48. The maximum absolute atomic E-state index is 13.9. The predicted molar refractivity (Wildman–Crippen MR) is 135 cm³/mol. The minimum absolute atomic E-state index is 0.000719. The fourth-order valence-electron chi connectivity index (χ4n) is 4.15. The summed E-state index contributed by atoms with van der Waals surface area (Å²) >= 11 is 6.81. The second kappa shape index (κ2) is 10.3. The number of nitrogen functional groups attached to an aromatic ring is 1. The molecular formula is C24H24ClN5O4S. The lowest BCUT2D eigenvalue weighted by Crippen LogP contribution is -2.46. The van der Waals surface area contributed by atoms with E-state index >= 15 is 0 Å². The summed E-state index contributed by atoms with van der Waals surface area (Å²) in [5.74, 6) is -1.85. The van der Waals surface area contributed by atoms with Crippen LogP contribution in [-0.4, -0.2) is 33.2 Å². The second-order valence-electron chi connectivity index (χ2n) is 8.27. The largest absolute Gasteiger partial charge is 0.508 e. The number of anilines is 2. The summed E-state index contributed by atoms with van der Waals surface area (Å²) in [5, 5.41) is 13.3. The number of hydrogen-bond donors (Lipinski definition) is 4. The van der Waals surface area contributed by atoms with Crippen molar-refractivity contribution in [3.05, 3.63) is 69.7 Å². The lowest BCUT2D eigenvalue weighted by Gasteiger charge is -2.32. The molecule has 4 rings (SSSR count). The summed E-state index contributed by atoms with van der Waals surface area (Å²) in [6.07, 6.45) is 3.74. The monoisotopic (exact) mass is 513 g/mol. The normalized spacial score (nSPS) is 14.4. The minimum atomic E-state index is -1.11. The van der Waals surface area contributed by atoms with Gasteiger partial charge in [-0.3, -0.25) is 19.3 Å². The number of phenols is 1. The highest BCUT2D eigenvalue weighted by Gasteiger charge is 2.37. The molecule has 2 aromatic carbocycles. The number of nitrogens with two attached hydrogens (primary N) is 2. The maximum atomic E-state index is 13.9. The van der Waals surface area contributed by atoms with E-state index in [9.17, 15) is 19.5 Å². The molecule has 0 saturated heterocycles. The number of hydrogen-bond acceptors (Lipinski definition) is 7. The summed E-state index contributed by atoms with van der Waals surface area (Å²) in [6.45, 7) is 0. The highest BCUT2D eigenvalue weighted by Crippen LogP contribution is 2.34. The van der Waals surface area contributed by atoms with Crippen molar-refractivity contribution in [2.45, 2.75) is 37.8 Å².